The van der Waals surface area contributed by atoms with Crippen molar-refractivity contribution in [3.8, 4) is 5.75 Å². The van der Waals surface area contributed by atoms with Crippen molar-refractivity contribution < 1.29 is 9.53 Å². The maximum atomic E-state index is 12.2. The van der Waals surface area contributed by atoms with Crippen molar-refractivity contribution in [2.45, 2.75) is 38.3 Å². The van der Waals surface area contributed by atoms with Gasteiger partial charge in [0.2, 0.25) is 5.91 Å². The van der Waals surface area contributed by atoms with E-state index in [4.69, 9.17) is 4.74 Å². The lowest BCUT2D eigenvalue weighted by Crippen LogP contribution is -2.47. The Morgan fingerprint density at radius 2 is 2.15 bits per heavy atom. The first-order valence-corrected chi connectivity index (χ1v) is 6.89. The van der Waals surface area contributed by atoms with Gasteiger partial charge in [-0.1, -0.05) is 24.6 Å². The Morgan fingerprint density at radius 3 is 2.80 bits per heavy atom. The average molecular weight is 299 g/mol. The summed E-state index contributed by atoms with van der Waals surface area (Å²) < 4.78 is 5.33. The van der Waals surface area contributed by atoms with Crippen molar-refractivity contribution in [1.82, 2.24) is 10.6 Å². The summed E-state index contributed by atoms with van der Waals surface area (Å²) in [7, 11) is 1.65. The molecule has 5 heteroatoms. The van der Waals surface area contributed by atoms with Crippen LogP contribution in [-0.4, -0.2) is 25.6 Å². The number of methoxy groups -OCH3 is 1. The second-order valence-corrected chi connectivity index (χ2v) is 4.97. The summed E-state index contributed by atoms with van der Waals surface area (Å²) in [6, 6.07) is 7.69. The molecular weight excluding hydrogens is 276 g/mol. The van der Waals surface area contributed by atoms with Crippen molar-refractivity contribution in [3.63, 3.8) is 0 Å². The summed E-state index contributed by atoms with van der Waals surface area (Å²) in [5.41, 5.74) is 1.01. The molecule has 1 saturated heterocycles. The van der Waals surface area contributed by atoms with Crippen LogP contribution in [0, 0.1) is 0 Å². The first-order valence-electron chi connectivity index (χ1n) is 6.89. The monoisotopic (exact) mass is 298 g/mol. The molecule has 1 aromatic rings. The Balaban J connectivity index is 0.00000200. The number of piperidine rings is 1. The molecule has 1 aliphatic rings. The number of carbonyl (C=O) groups is 1. The van der Waals surface area contributed by atoms with E-state index in [1.165, 1.54) is 0 Å². The molecular formula is C15H23ClN2O2. The van der Waals surface area contributed by atoms with Gasteiger partial charge in [-0.25, -0.2) is 0 Å². The molecule has 1 unspecified atom stereocenters. The van der Waals surface area contributed by atoms with E-state index in [1.807, 2.05) is 31.2 Å². The van der Waals surface area contributed by atoms with Gasteiger partial charge < -0.3 is 15.4 Å². The highest BCUT2D eigenvalue weighted by Gasteiger charge is 2.22. The van der Waals surface area contributed by atoms with E-state index in [0.29, 0.717) is 0 Å². The minimum atomic E-state index is -0.0501. The molecule has 0 aromatic heterocycles. The standard InChI is InChI=1S/C15H22N2O2.ClH/c1-11(12-7-3-4-9-14(12)19-2)17-15(18)13-8-5-6-10-16-13;/h3-4,7,9,11,13,16H,5-6,8,10H2,1-2H3,(H,17,18);1H/t11?,13-;/m0./s1. The molecule has 2 rings (SSSR count). The smallest absolute Gasteiger partial charge is 0.237 e. The van der Waals surface area contributed by atoms with Gasteiger partial charge in [0.1, 0.15) is 5.75 Å². The summed E-state index contributed by atoms with van der Waals surface area (Å²) in [6.45, 7) is 2.92. The number of para-hydroxylation sites is 1. The quantitative estimate of drug-likeness (QED) is 0.897. The number of nitrogens with one attached hydrogen (secondary N) is 2. The van der Waals surface area contributed by atoms with Gasteiger partial charge in [-0.3, -0.25) is 4.79 Å². The highest BCUT2D eigenvalue weighted by Crippen LogP contribution is 2.24. The van der Waals surface area contributed by atoms with E-state index in [-0.39, 0.29) is 30.4 Å². The van der Waals surface area contributed by atoms with Crippen LogP contribution in [0.15, 0.2) is 24.3 Å². The summed E-state index contributed by atoms with van der Waals surface area (Å²) in [6.07, 6.45) is 3.20. The van der Waals surface area contributed by atoms with Crippen LogP contribution < -0.4 is 15.4 Å². The predicted molar refractivity (Wildman–Crippen MR) is 82.4 cm³/mol. The lowest BCUT2D eigenvalue weighted by atomic mass is 10.0. The van der Waals surface area contributed by atoms with Crippen LogP contribution in [0.2, 0.25) is 0 Å². The summed E-state index contributed by atoms with van der Waals surface area (Å²) in [4.78, 5) is 12.2. The molecule has 0 radical (unpaired) electrons. The topological polar surface area (TPSA) is 50.4 Å². The fourth-order valence-corrected chi connectivity index (χ4v) is 2.49. The van der Waals surface area contributed by atoms with Gasteiger partial charge in [-0.15, -0.1) is 12.4 Å². The number of hydrogen-bond acceptors (Lipinski definition) is 3. The van der Waals surface area contributed by atoms with Crippen LogP contribution >= 0.6 is 12.4 Å². The molecule has 0 bridgehead atoms. The van der Waals surface area contributed by atoms with Crippen molar-refractivity contribution in [3.05, 3.63) is 29.8 Å². The van der Waals surface area contributed by atoms with E-state index in [2.05, 4.69) is 10.6 Å². The largest absolute Gasteiger partial charge is 0.496 e. The van der Waals surface area contributed by atoms with E-state index < -0.39 is 0 Å². The molecule has 0 spiro atoms. The number of carbonyl (C=O) groups excluding carboxylic acids is 1. The van der Waals surface area contributed by atoms with Crippen LogP contribution in [0.5, 0.6) is 5.75 Å². The number of rotatable bonds is 4. The highest BCUT2D eigenvalue weighted by atomic mass is 35.5. The molecule has 4 nitrogen and oxygen atoms in total. The van der Waals surface area contributed by atoms with E-state index in [0.717, 1.165) is 37.1 Å². The molecule has 1 fully saturated rings. The average Bonchev–Trinajstić information content (AvgIpc) is 2.48. The normalized spacial score (nSPS) is 19.6. The van der Waals surface area contributed by atoms with Gasteiger partial charge in [-0.2, -0.15) is 0 Å². The fourth-order valence-electron chi connectivity index (χ4n) is 2.49. The molecule has 2 N–H and O–H groups in total. The lowest BCUT2D eigenvalue weighted by molar-refractivity contribution is -0.124. The Hall–Kier alpha value is -1.26. The van der Waals surface area contributed by atoms with Crippen molar-refractivity contribution in [2.24, 2.45) is 0 Å². The summed E-state index contributed by atoms with van der Waals surface area (Å²) in [5.74, 6) is 0.894. The van der Waals surface area contributed by atoms with Gasteiger partial charge >= 0.3 is 0 Å². The van der Waals surface area contributed by atoms with E-state index in [9.17, 15) is 4.79 Å². The Morgan fingerprint density at radius 1 is 1.40 bits per heavy atom. The van der Waals surface area contributed by atoms with Gasteiger partial charge in [0, 0.05) is 5.56 Å². The molecule has 20 heavy (non-hydrogen) atoms. The second-order valence-electron chi connectivity index (χ2n) is 4.97. The van der Waals surface area contributed by atoms with Gasteiger partial charge in [0.25, 0.3) is 0 Å². The Labute approximate surface area is 126 Å². The molecule has 1 heterocycles. The molecule has 112 valence electrons. The molecule has 1 amide bonds. The third-order valence-electron chi connectivity index (χ3n) is 3.59. The van der Waals surface area contributed by atoms with Crippen LogP contribution in [0.25, 0.3) is 0 Å². The predicted octanol–water partition coefficient (Wildman–Crippen LogP) is 2.44. The van der Waals surface area contributed by atoms with Crippen molar-refractivity contribution >= 4 is 18.3 Å². The zero-order chi connectivity index (χ0) is 13.7. The SMILES string of the molecule is COc1ccccc1C(C)NC(=O)[C@@H]1CCCCN1.Cl. The molecule has 1 aromatic carbocycles. The zero-order valence-corrected chi connectivity index (χ0v) is 12.8. The second kappa shape index (κ2) is 8.12. The fraction of sp³-hybridized carbons (Fsp3) is 0.533. The van der Waals surface area contributed by atoms with Crippen LogP contribution in [0.4, 0.5) is 0 Å². The molecule has 1 aliphatic heterocycles. The lowest BCUT2D eigenvalue weighted by Gasteiger charge is -2.25. The molecule has 0 saturated carbocycles. The van der Waals surface area contributed by atoms with Crippen LogP contribution in [0.1, 0.15) is 37.8 Å². The van der Waals surface area contributed by atoms with Crippen LogP contribution in [-0.2, 0) is 4.79 Å². The van der Waals surface area contributed by atoms with Crippen molar-refractivity contribution in [2.75, 3.05) is 13.7 Å². The number of amides is 1. The minimum absolute atomic E-state index is 0. The van der Waals surface area contributed by atoms with E-state index in [1.54, 1.807) is 7.11 Å². The summed E-state index contributed by atoms with van der Waals surface area (Å²) >= 11 is 0. The number of hydrogen-bond donors (Lipinski definition) is 2. The highest BCUT2D eigenvalue weighted by molar-refractivity contribution is 5.85. The first-order chi connectivity index (χ1) is 9.22. The Bertz CT molecular complexity index is 434. The molecule has 0 aliphatic carbocycles. The van der Waals surface area contributed by atoms with E-state index >= 15 is 0 Å². The van der Waals surface area contributed by atoms with Gasteiger partial charge in [-0.05, 0) is 32.4 Å². The van der Waals surface area contributed by atoms with Crippen molar-refractivity contribution in [1.29, 1.82) is 0 Å². The first kappa shape index (κ1) is 16.8. The minimum Gasteiger partial charge on any atom is -0.496 e. The van der Waals surface area contributed by atoms with Gasteiger partial charge in [0.05, 0.1) is 19.2 Å². The number of halogens is 1. The third-order valence-corrected chi connectivity index (χ3v) is 3.59. The maximum Gasteiger partial charge on any atom is 0.237 e. The number of ether oxygens (including phenoxy) is 1. The Kier molecular flexibility index (Phi) is 6.82. The van der Waals surface area contributed by atoms with Gasteiger partial charge in [0.15, 0.2) is 0 Å². The van der Waals surface area contributed by atoms with Crippen LogP contribution in [0.3, 0.4) is 0 Å². The third kappa shape index (κ3) is 4.12. The molecule has 2 atom stereocenters. The summed E-state index contributed by atoms with van der Waals surface area (Å²) in [5, 5.41) is 6.32. The maximum absolute atomic E-state index is 12.2. The number of benzene rings is 1. The zero-order valence-electron chi connectivity index (χ0n) is 12.0.